The number of carbonyl (C=O) groups excluding carboxylic acids is 1. The summed E-state index contributed by atoms with van der Waals surface area (Å²) >= 11 is 0. The number of nitrogens with two attached hydrogens (primary N) is 1. The number of benzene rings is 1. The van der Waals surface area contributed by atoms with Gasteiger partial charge in [0.2, 0.25) is 15.9 Å². The number of anilines is 1. The van der Waals surface area contributed by atoms with Gasteiger partial charge in [0.05, 0.1) is 4.90 Å². The summed E-state index contributed by atoms with van der Waals surface area (Å²) in [7, 11) is -3.78. The molecule has 1 amide bonds. The van der Waals surface area contributed by atoms with Crippen LogP contribution in [0.1, 0.15) is 45.1 Å². The minimum Gasteiger partial charge on any atom is -0.326 e. The van der Waals surface area contributed by atoms with Crippen LogP contribution in [0, 0.1) is 12.8 Å². The van der Waals surface area contributed by atoms with E-state index in [9.17, 15) is 13.2 Å². The third-order valence-electron chi connectivity index (χ3n) is 3.53. The highest BCUT2D eigenvalue weighted by Crippen LogP contribution is 2.21. The molecule has 6 heteroatoms. The summed E-state index contributed by atoms with van der Waals surface area (Å²) in [4.78, 5) is 12.2. The molecule has 21 heavy (non-hydrogen) atoms. The zero-order valence-electron chi connectivity index (χ0n) is 12.8. The number of primary sulfonamides is 1. The Morgan fingerprint density at radius 2 is 2.00 bits per heavy atom. The summed E-state index contributed by atoms with van der Waals surface area (Å²) in [5.41, 5.74) is 1.03. The topological polar surface area (TPSA) is 89.3 Å². The van der Waals surface area contributed by atoms with Crippen LogP contribution < -0.4 is 10.5 Å². The van der Waals surface area contributed by atoms with E-state index in [1.54, 1.807) is 19.1 Å². The first-order valence-corrected chi connectivity index (χ1v) is 8.78. The highest BCUT2D eigenvalue weighted by Gasteiger charge is 2.17. The van der Waals surface area contributed by atoms with Crippen molar-refractivity contribution in [1.82, 2.24) is 0 Å². The number of carbonyl (C=O) groups is 1. The molecule has 0 saturated carbocycles. The molecular formula is C15H24N2O3S. The number of nitrogens with one attached hydrogen (secondary N) is 1. The SMILES string of the molecule is CCCCC(CC)C(=O)Nc1ccc(C)c(S(N)(=O)=O)c1. The Bertz CT molecular complexity index is 597. The Morgan fingerprint density at radius 3 is 2.52 bits per heavy atom. The van der Waals surface area contributed by atoms with Gasteiger partial charge in [0, 0.05) is 11.6 Å². The van der Waals surface area contributed by atoms with Crippen LogP contribution in [0.15, 0.2) is 23.1 Å². The van der Waals surface area contributed by atoms with Crippen molar-refractivity contribution >= 4 is 21.6 Å². The van der Waals surface area contributed by atoms with E-state index < -0.39 is 10.0 Å². The molecule has 0 radical (unpaired) electrons. The van der Waals surface area contributed by atoms with E-state index in [0.29, 0.717) is 11.3 Å². The van der Waals surface area contributed by atoms with Crippen molar-refractivity contribution in [1.29, 1.82) is 0 Å². The van der Waals surface area contributed by atoms with Crippen LogP contribution in [0.25, 0.3) is 0 Å². The lowest BCUT2D eigenvalue weighted by molar-refractivity contribution is -0.120. The summed E-state index contributed by atoms with van der Waals surface area (Å²) in [5, 5.41) is 7.95. The van der Waals surface area contributed by atoms with E-state index >= 15 is 0 Å². The molecule has 0 bridgehead atoms. The maximum atomic E-state index is 12.2. The summed E-state index contributed by atoms with van der Waals surface area (Å²) in [6, 6.07) is 4.74. The molecule has 1 atom stereocenters. The van der Waals surface area contributed by atoms with Gasteiger partial charge in [-0.25, -0.2) is 13.6 Å². The summed E-state index contributed by atoms with van der Waals surface area (Å²) in [5.74, 6) is -0.126. The summed E-state index contributed by atoms with van der Waals surface area (Å²) in [6.07, 6.45) is 3.65. The summed E-state index contributed by atoms with van der Waals surface area (Å²) < 4.78 is 23.0. The molecule has 0 aliphatic heterocycles. The van der Waals surface area contributed by atoms with Crippen molar-refractivity contribution in [2.75, 3.05) is 5.32 Å². The number of aryl methyl sites for hydroxylation is 1. The average Bonchev–Trinajstić information content (AvgIpc) is 2.40. The van der Waals surface area contributed by atoms with Crippen LogP contribution in [0.2, 0.25) is 0 Å². The van der Waals surface area contributed by atoms with E-state index in [1.165, 1.54) is 6.07 Å². The Kier molecular flexibility index (Phi) is 6.36. The van der Waals surface area contributed by atoms with Gasteiger partial charge in [-0.1, -0.05) is 32.8 Å². The van der Waals surface area contributed by atoms with Crippen molar-refractivity contribution in [3.63, 3.8) is 0 Å². The fourth-order valence-electron chi connectivity index (χ4n) is 2.20. The second-order valence-electron chi connectivity index (χ2n) is 5.26. The van der Waals surface area contributed by atoms with Crippen LogP contribution in [-0.2, 0) is 14.8 Å². The first kappa shape index (κ1) is 17.7. The van der Waals surface area contributed by atoms with Crippen molar-refractivity contribution in [3.05, 3.63) is 23.8 Å². The zero-order valence-corrected chi connectivity index (χ0v) is 13.7. The minimum atomic E-state index is -3.78. The maximum absolute atomic E-state index is 12.2. The largest absolute Gasteiger partial charge is 0.326 e. The first-order valence-electron chi connectivity index (χ1n) is 7.23. The first-order chi connectivity index (χ1) is 9.79. The van der Waals surface area contributed by atoms with Gasteiger partial charge < -0.3 is 5.32 Å². The average molecular weight is 312 g/mol. The highest BCUT2D eigenvalue weighted by molar-refractivity contribution is 7.89. The molecule has 1 aromatic carbocycles. The molecular weight excluding hydrogens is 288 g/mol. The van der Waals surface area contributed by atoms with Gasteiger partial charge in [-0.3, -0.25) is 4.79 Å². The van der Waals surface area contributed by atoms with Crippen LogP contribution in [0.5, 0.6) is 0 Å². The molecule has 0 spiro atoms. The molecule has 0 aliphatic carbocycles. The molecule has 1 unspecified atom stereocenters. The number of rotatable bonds is 7. The fraction of sp³-hybridized carbons (Fsp3) is 0.533. The van der Waals surface area contributed by atoms with Gasteiger partial charge in [0.1, 0.15) is 0 Å². The molecule has 0 saturated heterocycles. The van der Waals surface area contributed by atoms with Gasteiger partial charge in [-0.15, -0.1) is 0 Å². The molecule has 0 heterocycles. The van der Waals surface area contributed by atoms with Crippen molar-refractivity contribution < 1.29 is 13.2 Å². The standard InChI is InChI=1S/C15H24N2O3S/c1-4-6-7-12(5-2)15(18)17-13-9-8-11(3)14(10-13)21(16,19)20/h8-10,12H,4-7H2,1-3H3,(H,17,18)(H2,16,19,20). The molecule has 3 N–H and O–H groups in total. The minimum absolute atomic E-state index is 0.0434. The normalized spacial score (nSPS) is 13.0. The van der Waals surface area contributed by atoms with Gasteiger partial charge in [0.25, 0.3) is 0 Å². The lowest BCUT2D eigenvalue weighted by Gasteiger charge is -2.15. The third kappa shape index (κ3) is 5.13. The van der Waals surface area contributed by atoms with Crippen LogP contribution in [0.3, 0.4) is 0 Å². The number of hydrogen-bond acceptors (Lipinski definition) is 3. The number of amides is 1. The quantitative estimate of drug-likeness (QED) is 0.811. The number of hydrogen-bond donors (Lipinski definition) is 2. The van der Waals surface area contributed by atoms with Gasteiger partial charge >= 0.3 is 0 Å². The predicted molar refractivity (Wildman–Crippen MR) is 84.5 cm³/mol. The van der Waals surface area contributed by atoms with Gasteiger partial charge in [-0.2, -0.15) is 0 Å². The Morgan fingerprint density at radius 1 is 1.33 bits per heavy atom. The Labute approximate surface area is 127 Å². The van der Waals surface area contributed by atoms with Crippen LogP contribution >= 0.6 is 0 Å². The van der Waals surface area contributed by atoms with E-state index in [1.807, 2.05) is 6.92 Å². The van der Waals surface area contributed by atoms with E-state index in [2.05, 4.69) is 12.2 Å². The smallest absolute Gasteiger partial charge is 0.238 e. The molecule has 0 fully saturated rings. The van der Waals surface area contributed by atoms with Gasteiger partial charge in [-0.05, 0) is 37.5 Å². The van der Waals surface area contributed by atoms with Gasteiger partial charge in [0.15, 0.2) is 0 Å². The lowest BCUT2D eigenvalue weighted by Crippen LogP contribution is -2.22. The maximum Gasteiger partial charge on any atom is 0.238 e. The molecule has 5 nitrogen and oxygen atoms in total. The number of unbranched alkanes of at least 4 members (excludes halogenated alkanes) is 1. The molecule has 118 valence electrons. The molecule has 0 aliphatic rings. The fourth-order valence-corrected chi connectivity index (χ4v) is 3.01. The van der Waals surface area contributed by atoms with E-state index in [0.717, 1.165) is 25.7 Å². The molecule has 1 rings (SSSR count). The monoisotopic (exact) mass is 312 g/mol. The van der Waals surface area contributed by atoms with E-state index in [4.69, 9.17) is 5.14 Å². The number of sulfonamides is 1. The summed E-state index contributed by atoms with van der Waals surface area (Å²) in [6.45, 7) is 5.73. The van der Waals surface area contributed by atoms with Crippen LogP contribution in [-0.4, -0.2) is 14.3 Å². The third-order valence-corrected chi connectivity index (χ3v) is 4.58. The second kappa shape index (κ2) is 7.56. The Hall–Kier alpha value is -1.40. The second-order valence-corrected chi connectivity index (χ2v) is 6.79. The molecule has 1 aromatic rings. The lowest BCUT2D eigenvalue weighted by atomic mass is 9.98. The van der Waals surface area contributed by atoms with Crippen molar-refractivity contribution in [3.8, 4) is 0 Å². The zero-order chi connectivity index (χ0) is 16.0. The van der Waals surface area contributed by atoms with E-state index in [-0.39, 0.29) is 16.7 Å². The van der Waals surface area contributed by atoms with Crippen molar-refractivity contribution in [2.24, 2.45) is 11.1 Å². The highest BCUT2D eigenvalue weighted by atomic mass is 32.2. The predicted octanol–water partition coefficient (Wildman–Crippen LogP) is 2.80. The Balaban J connectivity index is 2.90. The molecule has 0 aromatic heterocycles. The van der Waals surface area contributed by atoms with Crippen LogP contribution in [0.4, 0.5) is 5.69 Å². The van der Waals surface area contributed by atoms with Crippen molar-refractivity contribution in [2.45, 2.75) is 51.3 Å².